The molecule has 0 aliphatic heterocycles. The van der Waals surface area contributed by atoms with E-state index in [2.05, 4.69) is 31.3 Å². The average Bonchev–Trinajstić information content (AvgIpc) is 2.33. The van der Waals surface area contributed by atoms with Crippen molar-refractivity contribution in [3.05, 3.63) is 35.4 Å². The van der Waals surface area contributed by atoms with Gasteiger partial charge in [0, 0.05) is 18.0 Å². The van der Waals surface area contributed by atoms with Gasteiger partial charge < -0.3 is 5.32 Å². The quantitative estimate of drug-likeness (QED) is 0.594. The Bertz CT molecular complexity index is 421. The molecule has 1 N–H and O–H groups in total. The fourth-order valence-electron chi connectivity index (χ4n) is 2.60. The summed E-state index contributed by atoms with van der Waals surface area (Å²) in [6, 6.07) is 8.69. The summed E-state index contributed by atoms with van der Waals surface area (Å²) >= 11 is 0. The minimum atomic E-state index is 0.313. The van der Waals surface area contributed by atoms with E-state index in [0.29, 0.717) is 24.2 Å². The lowest BCUT2D eigenvalue weighted by Gasteiger charge is -2.27. The Balaban J connectivity index is 1.91. The number of carbonyl (C=O) groups excluding carboxylic acids is 1. The topological polar surface area (TPSA) is 29.1 Å². The first-order valence-electron chi connectivity index (χ1n) is 7.54. The van der Waals surface area contributed by atoms with E-state index in [0.717, 1.165) is 18.5 Å². The van der Waals surface area contributed by atoms with Crippen LogP contribution >= 0.6 is 0 Å². The second-order valence-electron chi connectivity index (χ2n) is 5.85. The number of ketones is 1. The number of nitrogens with one attached hydrogen (secondary N) is 1. The highest BCUT2D eigenvalue weighted by Gasteiger charge is 2.23. The van der Waals surface area contributed by atoms with Gasteiger partial charge in [0.15, 0.2) is 5.78 Å². The maximum Gasteiger partial charge on any atom is 0.163 e. The summed E-state index contributed by atoms with van der Waals surface area (Å²) in [6.07, 6.45) is 5.39. The Labute approximate surface area is 116 Å². The van der Waals surface area contributed by atoms with Crippen molar-refractivity contribution in [2.45, 2.75) is 57.9 Å². The Kier molecular flexibility index (Phi) is 5.15. The Hall–Kier alpha value is -1.15. The summed E-state index contributed by atoms with van der Waals surface area (Å²) in [5.41, 5.74) is 2.26. The molecule has 1 aromatic carbocycles. The van der Waals surface area contributed by atoms with Gasteiger partial charge in [0.2, 0.25) is 0 Å². The second kappa shape index (κ2) is 6.85. The molecule has 2 rings (SSSR count). The predicted octanol–water partition coefficient (Wildman–Crippen LogP) is 3.92. The monoisotopic (exact) mass is 259 g/mol. The Morgan fingerprint density at radius 2 is 2.05 bits per heavy atom. The SMILES string of the molecule is CC(C)NCCCC(=O)c1ccccc1C1CCC1. The van der Waals surface area contributed by atoms with Crippen molar-refractivity contribution >= 4 is 5.78 Å². The zero-order chi connectivity index (χ0) is 13.7. The maximum atomic E-state index is 12.3. The summed E-state index contributed by atoms with van der Waals surface area (Å²) < 4.78 is 0. The molecule has 1 aliphatic rings. The van der Waals surface area contributed by atoms with E-state index in [1.807, 2.05) is 12.1 Å². The lowest BCUT2D eigenvalue weighted by Crippen LogP contribution is -2.24. The van der Waals surface area contributed by atoms with Gasteiger partial charge in [-0.1, -0.05) is 44.5 Å². The molecule has 0 radical (unpaired) electrons. The van der Waals surface area contributed by atoms with Crippen LogP contribution < -0.4 is 5.32 Å². The highest BCUT2D eigenvalue weighted by Crippen LogP contribution is 2.38. The van der Waals surface area contributed by atoms with E-state index in [-0.39, 0.29) is 0 Å². The lowest BCUT2D eigenvalue weighted by molar-refractivity contribution is 0.0977. The molecule has 0 atom stereocenters. The molecule has 2 nitrogen and oxygen atoms in total. The molecule has 0 bridgehead atoms. The lowest BCUT2D eigenvalue weighted by atomic mass is 9.77. The zero-order valence-corrected chi connectivity index (χ0v) is 12.1. The number of benzene rings is 1. The molecule has 0 amide bonds. The van der Waals surface area contributed by atoms with Gasteiger partial charge in [-0.2, -0.15) is 0 Å². The summed E-state index contributed by atoms with van der Waals surface area (Å²) in [5.74, 6) is 0.946. The molecule has 0 heterocycles. The van der Waals surface area contributed by atoms with Crippen LogP contribution in [0.4, 0.5) is 0 Å². The Morgan fingerprint density at radius 1 is 1.32 bits per heavy atom. The number of hydrogen-bond acceptors (Lipinski definition) is 2. The highest BCUT2D eigenvalue weighted by atomic mass is 16.1. The fraction of sp³-hybridized carbons (Fsp3) is 0.588. The van der Waals surface area contributed by atoms with Gasteiger partial charge in [-0.3, -0.25) is 4.79 Å². The molecule has 1 aliphatic carbocycles. The average molecular weight is 259 g/mol. The minimum absolute atomic E-state index is 0.313. The van der Waals surface area contributed by atoms with Crippen molar-refractivity contribution in [3.63, 3.8) is 0 Å². The van der Waals surface area contributed by atoms with Gasteiger partial charge in [-0.15, -0.1) is 0 Å². The van der Waals surface area contributed by atoms with Crippen LogP contribution in [-0.2, 0) is 0 Å². The molecular weight excluding hydrogens is 234 g/mol. The van der Waals surface area contributed by atoms with Crippen LogP contribution in [0.3, 0.4) is 0 Å². The van der Waals surface area contributed by atoms with Crippen LogP contribution in [0.15, 0.2) is 24.3 Å². The largest absolute Gasteiger partial charge is 0.315 e. The zero-order valence-electron chi connectivity index (χ0n) is 12.1. The molecule has 0 aromatic heterocycles. The van der Waals surface area contributed by atoms with E-state index in [9.17, 15) is 4.79 Å². The van der Waals surface area contributed by atoms with Crippen LogP contribution in [0, 0.1) is 0 Å². The van der Waals surface area contributed by atoms with Crippen molar-refractivity contribution in [1.29, 1.82) is 0 Å². The first-order chi connectivity index (χ1) is 9.18. The van der Waals surface area contributed by atoms with Gasteiger partial charge in [0.25, 0.3) is 0 Å². The predicted molar refractivity (Wildman–Crippen MR) is 79.7 cm³/mol. The van der Waals surface area contributed by atoms with Crippen molar-refractivity contribution in [2.24, 2.45) is 0 Å². The molecule has 104 valence electrons. The first-order valence-corrected chi connectivity index (χ1v) is 7.54. The molecule has 0 unspecified atom stereocenters. The van der Waals surface area contributed by atoms with Crippen LogP contribution in [0.1, 0.15) is 67.8 Å². The number of Topliss-reactive ketones (excluding diaryl/α,β-unsaturated/α-hetero) is 1. The van der Waals surface area contributed by atoms with Gasteiger partial charge >= 0.3 is 0 Å². The molecule has 19 heavy (non-hydrogen) atoms. The highest BCUT2D eigenvalue weighted by molar-refractivity contribution is 5.97. The third-order valence-corrected chi connectivity index (χ3v) is 3.94. The standard InChI is InChI=1S/C17H25NO/c1-13(2)18-12-6-11-17(19)16-10-4-3-9-15(16)14-7-5-8-14/h3-4,9-10,13-14,18H,5-8,11-12H2,1-2H3. The van der Waals surface area contributed by atoms with Crippen molar-refractivity contribution in [3.8, 4) is 0 Å². The number of carbonyl (C=O) groups is 1. The Morgan fingerprint density at radius 3 is 2.68 bits per heavy atom. The molecule has 0 saturated heterocycles. The van der Waals surface area contributed by atoms with Gasteiger partial charge in [0.1, 0.15) is 0 Å². The molecule has 1 saturated carbocycles. The number of hydrogen-bond donors (Lipinski definition) is 1. The van der Waals surface area contributed by atoms with Gasteiger partial charge in [0.05, 0.1) is 0 Å². The molecule has 2 heteroatoms. The molecule has 1 aromatic rings. The molecule has 0 spiro atoms. The van der Waals surface area contributed by atoms with E-state index in [1.54, 1.807) is 0 Å². The van der Waals surface area contributed by atoms with Crippen molar-refractivity contribution in [2.75, 3.05) is 6.54 Å². The van der Waals surface area contributed by atoms with Crippen LogP contribution in [-0.4, -0.2) is 18.4 Å². The second-order valence-corrected chi connectivity index (χ2v) is 5.85. The van der Waals surface area contributed by atoms with Crippen LogP contribution in [0.5, 0.6) is 0 Å². The molecule has 1 fully saturated rings. The maximum absolute atomic E-state index is 12.3. The third-order valence-electron chi connectivity index (χ3n) is 3.94. The first kappa shape index (κ1) is 14.3. The summed E-state index contributed by atoms with van der Waals surface area (Å²) in [7, 11) is 0. The minimum Gasteiger partial charge on any atom is -0.315 e. The van der Waals surface area contributed by atoms with Crippen LogP contribution in [0.2, 0.25) is 0 Å². The summed E-state index contributed by atoms with van der Waals surface area (Å²) in [5, 5.41) is 3.36. The summed E-state index contributed by atoms with van der Waals surface area (Å²) in [6.45, 7) is 5.19. The van der Waals surface area contributed by atoms with E-state index >= 15 is 0 Å². The van der Waals surface area contributed by atoms with Gasteiger partial charge in [-0.25, -0.2) is 0 Å². The normalized spacial score (nSPS) is 15.5. The van der Waals surface area contributed by atoms with E-state index in [4.69, 9.17) is 0 Å². The smallest absolute Gasteiger partial charge is 0.163 e. The van der Waals surface area contributed by atoms with Crippen molar-refractivity contribution < 1.29 is 4.79 Å². The van der Waals surface area contributed by atoms with Crippen molar-refractivity contribution in [1.82, 2.24) is 5.32 Å². The van der Waals surface area contributed by atoms with E-state index < -0.39 is 0 Å². The summed E-state index contributed by atoms with van der Waals surface area (Å²) in [4.78, 5) is 12.3. The number of rotatable bonds is 7. The molecular formula is C17H25NO. The fourth-order valence-corrected chi connectivity index (χ4v) is 2.60. The third kappa shape index (κ3) is 3.90. The van der Waals surface area contributed by atoms with E-state index in [1.165, 1.54) is 24.8 Å². The van der Waals surface area contributed by atoms with Crippen LogP contribution in [0.25, 0.3) is 0 Å². The van der Waals surface area contributed by atoms with Gasteiger partial charge in [-0.05, 0) is 37.3 Å².